The summed E-state index contributed by atoms with van der Waals surface area (Å²) in [7, 11) is 0. The number of carbonyl (C=O) groups is 3. The average molecular weight is 676 g/mol. The van der Waals surface area contributed by atoms with E-state index in [0.29, 0.717) is 18.2 Å². The molecule has 0 saturated heterocycles. The summed E-state index contributed by atoms with van der Waals surface area (Å²) >= 11 is 11.7. The molecule has 0 aromatic rings. The average Bonchev–Trinajstić information content (AvgIpc) is 2.68. The largest absolute Gasteiger partial charge is 0.462 e. The number of aliphatic hydroxyl groups excluding tert-OH is 2. The van der Waals surface area contributed by atoms with Crippen molar-refractivity contribution in [2.24, 2.45) is 0 Å². The number of hydrogen-bond acceptors (Lipinski definition) is 7. The fourth-order valence-corrected chi connectivity index (χ4v) is 3.15. The molecule has 0 radical (unpaired) electrons. The second-order valence-corrected chi connectivity index (χ2v) is 9.19. The molecule has 2 rings (SSSR count). The van der Waals surface area contributed by atoms with Crippen molar-refractivity contribution in [1.82, 2.24) is 0 Å². The molecule has 0 heterocycles. The predicted octanol–water partition coefficient (Wildman–Crippen LogP) is 3.76. The van der Waals surface area contributed by atoms with Crippen molar-refractivity contribution in [2.45, 2.75) is 75.8 Å². The van der Waals surface area contributed by atoms with Gasteiger partial charge in [-0.05, 0) is 60.9 Å². The molecule has 0 aromatic heterocycles. The highest BCUT2D eigenvalue weighted by Crippen LogP contribution is 2.24. The molecule has 0 bridgehead atoms. The van der Waals surface area contributed by atoms with Crippen molar-refractivity contribution in [1.29, 1.82) is 0 Å². The van der Waals surface area contributed by atoms with Crippen LogP contribution in [-0.4, -0.2) is 67.3 Å². The van der Waals surface area contributed by atoms with Crippen LogP contribution in [0.5, 0.6) is 0 Å². The molecule has 29 heavy (non-hydrogen) atoms. The van der Waals surface area contributed by atoms with Gasteiger partial charge in [0.1, 0.15) is 22.9 Å². The SMILES string of the molecule is O=C(Br)CBr.O=C(CBr)O[C@@H]1CCC[C@H](OC(=O)CBr)C1.O[C@@H]1CCC[C@H](O)C1. The third kappa shape index (κ3) is 16.8. The van der Waals surface area contributed by atoms with Gasteiger partial charge in [0.05, 0.1) is 17.5 Å². The van der Waals surface area contributed by atoms with E-state index in [9.17, 15) is 14.4 Å². The minimum atomic E-state index is -0.266. The molecule has 11 heteroatoms. The standard InChI is InChI=1S/C10H14Br2O4.C6H12O2.C2H2Br2O/c11-5-9(13)15-7-2-1-3-8(4-7)16-10(14)6-12;7-5-2-1-3-6(8)4-5;3-1-2(4)5/h7-8H,1-6H2;5-8H,1-4H2;1H2/t7-,8+;5-,6+;. The van der Waals surface area contributed by atoms with E-state index in [1.807, 2.05) is 0 Å². The van der Waals surface area contributed by atoms with Crippen molar-refractivity contribution in [2.75, 3.05) is 16.0 Å². The Morgan fingerprint density at radius 2 is 1.10 bits per heavy atom. The van der Waals surface area contributed by atoms with Gasteiger partial charge >= 0.3 is 11.9 Å². The lowest BCUT2D eigenvalue weighted by molar-refractivity contribution is -0.155. The Bertz CT molecular complexity index is 461. The lowest BCUT2D eigenvalue weighted by atomic mass is 9.95. The maximum Gasteiger partial charge on any atom is 0.316 e. The van der Waals surface area contributed by atoms with Gasteiger partial charge in [-0.2, -0.15) is 0 Å². The number of hydrogen-bond donors (Lipinski definition) is 2. The molecule has 2 aliphatic rings. The Hall–Kier alpha value is 0.450. The number of esters is 2. The van der Waals surface area contributed by atoms with Gasteiger partial charge in [0, 0.05) is 6.42 Å². The van der Waals surface area contributed by atoms with Gasteiger partial charge in [0.2, 0.25) is 4.69 Å². The fraction of sp³-hybridized carbons (Fsp3) is 0.833. The number of rotatable bonds is 5. The summed E-state index contributed by atoms with van der Waals surface area (Å²) < 4.78 is 10.4. The highest BCUT2D eigenvalue weighted by atomic mass is 79.9. The summed E-state index contributed by atoms with van der Waals surface area (Å²) in [6, 6.07) is 0. The van der Waals surface area contributed by atoms with Crippen LogP contribution in [0.1, 0.15) is 51.4 Å². The van der Waals surface area contributed by atoms with Crippen LogP contribution in [0.3, 0.4) is 0 Å². The number of ether oxygens (including phenoxy) is 2. The van der Waals surface area contributed by atoms with Gasteiger partial charge in [0.25, 0.3) is 0 Å². The van der Waals surface area contributed by atoms with E-state index >= 15 is 0 Å². The highest BCUT2D eigenvalue weighted by Gasteiger charge is 2.26. The molecule has 0 amide bonds. The number of alkyl halides is 3. The van der Waals surface area contributed by atoms with Gasteiger partial charge in [-0.1, -0.05) is 47.8 Å². The summed E-state index contributed by atoms with van der Waals surface area (Å²) in [5.74, 6) is -0.532. The second kappa shape index (κ2) is 18.1. The molecule has 0 unspecified atom stereocenters. The molecular formula is C18H28Br4O7. The lowest BCUT2D eigenvalue weighted by Crippen LogP contribution is -2.31. The van der Waals surface area contributed by atoms with E-state index in [1.54, 1.807) is 0 Å². The molecule has 7 nitrogen and oxygen atoms in total. The number of carbonyl (C=O) groups excluding carboxylic acids is 3. The van der Waals surface area contributed by atoms with E-state index in [2.05, 4.69) is 63.7 Å². The zero-order valence-electron chi connectivity index (χ0n) is 16.0. The van der Waals surface area contributed by atoms with Crippen LogP contribution in [0, 0.1) is 0 Å². The van der Waals surface area contributed by atoms with Crippen molar-refractivity contribution in [3.05, 3.63) is 0 Å². The Kier molecular flexibility index (Phi) is 18.3. The Morgan fingerprint density at radius 1 is 0.724 bits per heavy atom. The van der Waals surface area contributed by atoms with E-state index in [4.69, 9.17) is 19.7 Å². The third-order valence-corrected chi connectivity index (χ3v) is 6.57. The first-order chi connectivity index (χ1) is 13.7. The van der Waals surface area contributed by atoms with Crippen molar-refractivity contribution in [3.8, 4) is 0 Å². The summed E-state index contributed by atoms with van der Waals surface area (Å²) in [6.45, 7) is 0. The van der Waals surface area contributed by atoms with Crippen molar-refractivity contribution in [3.63, 3.8) is 0 Å². The molecule has 2 saturated carbocycles. The zero-order valence-corrected chi connectivity index (χ0v) is 22.4. The van der Waals surface area contributed by atoms with Crippen LogP contribution in [0.15, 0.2) is 0 Å². The van der Waals surface area contributed by atoms with Gasteiger partial charge in [-0.15, -0.1) is 0 Å². The molecule has 2 fully saturated rings. The van der Waals surface area contributed by atoms with Crippen molar-refractivity contribution < 1.29 is 34.1 Å². The molecular weight excluding hydrogens is 648 g/mol. The van der Waals surface area contributed by atoms with Gasteiger partial charge in [-0.3, -0.25) is 14.4 Å². The Balaban J connectivity index is 0.000000498. The summed E-state index contributed by atoms with van der Waals surface area (Å²) in [5, 5.41) is 18.6. The molecule has 2 aliphatic carbocycles. The maximum absolute atomic E-state index is 11.1. The zero-order chi connectivity index (χ0) is 22.2. The van der Waals surface area contributed by atoms with Crippen LogP contribution in [0.25, 0.3) is 0 Å². The quantitative estimate of drug-likeness (QED) is 0.260. The van der Waals surface area contributed by atoms with Crippen LogP contribution < -0.4 is 0 Å². The van der Waals surface area contributed by atoms with Crippen LogP contribution in [-0.2, 0) is 23.9 Å². The maximum atomic E-state index is 11.1. The van der Waals surface area contributed by atoms with E-state index in [1.165, 1.54) is 0 Å². The monoisotopic (exact) mass is 672 g/mol. The van der Waals surface area contributed by atoms with Crippen molar-refractivity contribution >= 4 is 80.4 Å². The molecule has 0 aliphatic heterocycles. The lowest BCUT2D eigenvalue weighted by Gasteiger charge is -2.28. The van der Waals surface area contributed by atoms with Gasteiger partial charge in [-0.25, -0.2) is 0 Å². The first kappa shape index (κ1) is 29.5. The normalized spacial score (nSPS) is 26.0. The first-order valence-corrected chi connectivity index (χ1v) is 13.5. The topological polar surface area (TPSA) is 110 Å². The Morgan fingerprint density at radius 3 is 1.38 bits per heavy atom. The van der Waals surface area contributed by atoms with E-state index < -0.39 is 0 Å². The minimum absolute atomic E-state index is 0.0162. The minimum Gasteiger partial charge on any atom is -0.462 e. The smallest absolute Gasteiger partial charge is 0.316 e. The second-order valence-electron chi connectivity index (χ2n) is 6.62. The van der Waals surface area contributed by atoms with E-state index in [-0.39, 0.29) is 51.7 Å². The summed E-state index contributed by atoms with van der Waals surface area (Å²) in [4.78, 5) is 31.8. The highest BCUT2D eigenvalue weighted by molar-refractivity contribution is 9.19. The number of aliphatic hydroxyl groups is 2. The fourth-order valence-electron chi connectivity index (χ4n) is 2.89. The van der Waals surface area contributed by atoms with Crippen LogP contribution >= 0.6 is 63.7 Å². The van der Waals surface area contributed by atoms with Crippen LogP contribution in [0.4, 0.5) is 0 Å². The summed E-state index contributed by atoms with van der Waals surface area (Å²) in [5.41, 5.74) is 0. The first-order valence-electron chi connectivity index (χ1n) is 9.33. The molecule has 0 aromatic carbocycles. The molecule has 2 N–H and O–H groups in total. The number of halogens is 4. The van der Waals surface area contributed by atoms with Crippen LogP contribution in [0.2, 0.25) is 0 Å². The van der Waals surface area contributed by atoms with E-state index in [0.717, 1.165) is 38.5 Å². The molecule has 4 atom stereocenters. The Labute approximate surface area is 205 Å². The van der Waals surface area contributed by atoms with Gasteiger partial charge < -0.3 is 19.7 Å². The summed E-state index contributed by atoms with van der Waals surface area (Å²) in [6.07, 6.45) is 5.81. The predicted molar refractivity (Wildman–Crippen MR) is 124 cm³/mol. The van der Waals surface area contributed by atoms with Gasteiger partial charge in [0.15, 0.2) is 0 Å². The molecule has 0 spiro atoms. The molecule has 170 valence electrons. The third-order valence-electron chi connectivity index (χ3n) is 4.12.